The van der Waals surface area contributed by atoms with Gasteiger partial charge in [0.15, 0.2) is 0 Å². The van der Waals surface area contributed by atoms with Crippen molar-refractivity contribution in [3.63, 3.8) is 0 Å². The van der Waals surface area contributed by atoms with Gasteiger partial charge in [-0.25, -0.2) is 4.79 Å². The molecule has 1 aliphatic heterocycles. The molecule has 0 fully saturated rings. The number of nitrogens with zero attached hydrogens (tertiary/aromatic N) is 2. The summed E-state index contributed by atoms with van der Waals surface area (Å²) in [6.45, 7) is 5.20. The van der Waals surface area contributed by atoms with Gasteiger partial charge < -0.3 is 9.64 Å². The Balaban J connectivity index is 2.53. The molecule has 0 saturated carbocycles. The number of hydrogen-bond donors (Lipinski definition) is 0. The number of carbonyl (C=O) groups excluding carboxylic acids is 1. The molecule has 0 aliphatic carbocycles. The van der Waals surface area contributed by atoms with Crippen LogP contribution in [0.25, 0.3) is 0 Å². The first-order valence-electron chi connectivity index (χ1n) is 7.82. The van der Waals surface area contributed by atoms with E-state index in [1.165, 1.54) is 31.8 Å². The van der Waals surface area contributed by atoms with E-state index in [0.717, 1.165) is 12.1 Å². The Morgan fingerprint density at radius 2 is 2.00 bits per heavy atom. The Kier molecular flexibility index (Phi) is 8.44. The molecule has 4 heteroatoms. The normalized spacial score (nSPS) is 14.0. The van der Waals surface area contributed by atoms with Crippen LogP contribution >= 0.6 is 0 Å². The average molecular weight is 300 g/mol. The second-order valence-electron chi connectivity index (χ2n) is 5.01. The van der Waals surface area contributed by atoms with Crippen molar-refractivity contribution in [1.82, 2.24) is 4.90 Å². The minimum absolute atomic E-state index is 0.0122. The summed E-state index contributed by atoms with van der Waals surface area (Å²) in [7, 11) is 0. The van der Waals surface area contributed by atoms with E-state index in [9.17, 15) is 4.79 Å². The first-order valence-corrected chi connectivity index (χ1v) is 7.82. The lowest BCUT2D eigenvalue weighted by molar-refractivity contribution is -0.138. The second-order valence-corrected chi connectivity index (χ2v) is 5.01. The number of unbranched alkanes of at least 4 members (excludes halogenated alkanes) is 3. The van der Waals surface area contributed by atoms with Crippen LogP contribution in [-0.2, 0) is 9.53 Å². The summed E-state index contributed by atoms with van der Waals surface area (Å²) >= 11 is 0. The fourth-order valence-corrected chi connectivity index (χ4v) is 1.99. The van der Waals surface area contributed by atoms with Crippen molar-refractivity contribution in [2.45, 2.75) is 39.5 Å². The Morgan fingerprint density at radius 1 is 1.27 bits per heavy atom. The molecule has 0 aromatic rings. The Hall–Kier alpha value is -2.28. The lowest BCUT2D eigenvalue weighted by Gasteiger charge is -2.18. The highest BCUT2D eigenvalue weighted by Gasteiger charge is 2.08. The summed E-state index contributed by atoms with van der Waals surface area (Å²) in [5, 5.41) is 8.94. The van der Waals surface area contributed by atoms with E-state index in [1.54, 1.807) is 13.0 Å². The zero-order valence-corrected chi connectivity index (χ0v) is 13.4. The first-order chi connectivity index (χ1) is 10.7. The summed E-state index contributed by atoms with van der Waals surface area (Å²) in [5.74, 6) is -0.580. The van der Waals surface area contributed by atoms with Crippen LogP contribution in [0.3, 0.4) is 0 Å². The van der Waals surface area contributed by atoms with Crippen LogP contribution in [0, 0.1) is 11.3 Å². The molecule has 1 heterocycles. The molecule has 0 bridgehead atoms. The third-order valence-electron chi connectivity index (χ3n) is 3.25. The fraction of sp³-hybridized carbons (Fsp3) is 0.444. The van der Waals surface area contributed by atoms with Crippen molar-refractivity contribution < 1.29 is 9.53 Å². The van der Waals surface area contributed by atoms with Gasteiger partial charge in [0.2, 0.25) is 0 Å². The van der Waals surface area contributed by atoms with Crippen molar-refractivity contribution >= 4 is 5.97 Å². The minimum atomic E-state index is -0.580. The van der Waals surface area contributed by atoms with E-state index < -0.39 is 5.97 Å². The molecule has 0 radical (unpaired) electrons. The van der Waals surface area contributed by atoms with Gasteiger partial charge in [-0.15, -0.1) is 0 Å². The van der Waals surface area contributed by atoms with E-state index in [1.807, 2.05) is 30.6 Å². The Labute approximate surface area is 133 Å². The van der Waals surface area contributed by atoms with Crippen LogP contribution in [0.5, 0.6) is 0 Å². The van der Waals surface area contributed by atoms with Gasteiger partial charge in [-0.2, -0.15) is 5.26 Å². The molecule has 0 unspecified atom stereocenters. The zero-order chi connectivity index (χ0) is 16.2. The van der Waals surface area contributed by atoms with Crippen LogP contribution in [-0.4, -0.2) is 24.0 Å². The molecule has 0 spiro atoms. The molecule has 1 rings (SSSR count). The minimum Gasteiger partial charge on any atom is -0.462 e. The van der Waals surface area contributed by atoms with Crippen molar-refractivity contribution in [3.05, 3.63) is 47.9 Å². The maximum atomic E-state index is 11.5. The van der Waals surface area contributed by atoms with Gasteiger partial charge in [0.1, 0.15) is 11.6 Å². The molecule has 1 aliphatic rings. The first kappa shape index (κ1) is 17.8. The Morgan fingerprint density at radius 3 is 2.59 bits per heavy atom. The lowest BCUT2D eigenvalue weighted by atomic mass is 10.1. The SMILES string of the molecule is CCCCCCN1C=CC(=CC=C(C#N)C(=O)OCC)C=C1. The molecule has 0 aromatic carbocycles. The highest BCUT2D eigenvalue weighted by atomic mass is 16.5. The molecular weight excluding hydrogens is 276 g/mol. The number of allylic oxidation sites excluding steroid dienone is 5. The van der Waals surface area contributed by atoms with Crippen LogP contribution in [0.1, 0.15) is 39.5 Å². The fourth-order valence-electron chi connectivity index (χ4n) is 1.99. The average Bonchev–Trinajstić information content (AvgIpc) is 2.54. The van der Waals surface area contributed by atoms with E-state index in [-0.39, 0.29) is 12.2 Å². The van der Waals surface area contributed by atoms with Crippen LogP contribution in [0.4, 0.5) is 0 Å². The summed E-state index contributed by atoms with van der Waals surface area (Å²) in [4.78, 5) is 13.6. The van der Waals surface area contributed by atoms with Gasteiger partial charge in [-0.1, -0.05) is 32.3 Å². The third kappa shape index (κ3) is 6.45. The van der Waals surface area contributed by atoms with Gasteiger partial charge in [0.05, 0.1) is 6.61 Å². The molecule has 0 atom stereocenters. The van der Waals surface area contributed by atoms with Crippen molar-refractivity contribution in [3.8, 4) is 6.07 Å². The third-order valence-corrected chi connectivity index (χ3v) is 3.25. The Bertz CT molecular complexity index is 506. The van der Waals surface area contributed by atoms with Crippen molar-refractivity contribution in [1.29, 1.82) is 5.26 Å². The maximum Gasteiger partial charge on any atom is 0.348 e. The van der Waals surface area contributed by atoms with E-state index in [0.29, 0.717) is 0 Å². The molecule has 0 aromatic heterocycles. The van der Waals surface area contributed by atoms with E-state index in [2.05, 4.69) is 11.8 Å². The van der Waals surface area contributed by atoms with E-state index in [4.69, 9.17) is 10.00 Å². The quantitative estimate of drug-likeness (QED) is 0.296. The smallest absolute Gasteiger partial charge is 0.348 e. The number of nitriles is 1. The summed E-state index contributed by atoms with van der Waals surface area (Å²) in [6, 6.07) is 1.86. The molecule has 0 N–H and O–H groups in total. The monoisotopic (exact) mass is 300 g/mol. The highest BCUT2D eigenvalue weighted by Crippen LogP contribution is 2.12. The predicted molar refractivity (Wildman–Crippen MR) is 87.5 cm³/mol. The summed E-state index contributed by atoms with van der Waals surface area (Å²) in [6.07, 6.45) is 16.2. The topological polar surface area (TPSA) is 53.3 Å². The van der Waals surface area contributed by atoms with Gasteiger partial charge in [0.25, 0.3) is 0 Å². The predicted octanol–water partition coefficient (Wildman–Crippen LogP) is 3.85. The number of carbonyl (C=O) groups is 1. The highest BCUT2D eigenvalue weighted by molar-refractivity contribution is 5.93. The number of hydrogen-bond acceptors (Lipinski definition) is 4. The van der Waals surface area contributed by atoms with Crippen LogP contribution < -0.4 is 0 Å². The maximum absolute atomic E-state index is 11.5. The largest absolute Gasteiger partial charge is 0.462 e. The second kappa shape index (κ2) is 10.4. The summed E-state index contributed by atoms with van der Waals surface area (Å²) < 4.78 is 4.81. The van der Waals surface area contributed by atoms with Crippen LogP contribution in [0.2, 0.25) is 0 Å². The van der Waals surface area contributed by atoms with Gasteiger partial charge in [-0.3, -0.25) is 0 Å². The molecular formula is C18H24N2O2. The molecule has 0 amide bonds. The zero-order valence-electron chi connectivity index (χ0n) is 13.4. The van der Waals surface area contributed by atoms with Gasteiger partial charge in [0, 0.05) is 18.9 Å². The van der Waals surface area contributed by atoms with Gasteiger partial charge >= 0.3 is 5.97 Å². The number of rotatable bonds is 8. The van der Waals surface area contributed by atoms with Crippen LogP contribution in [0.15, 0.2) is 47.9 Å². The molecule has 22 heavy (non-hydrogen) atoms. The lowest BCUT2D eigenvalue weighted by Crippen LogP contribution is -2.13. The van der Waals surface area contributed by atoms with Crippen molar-refractivity contribution in [2.24, 2.45) is 0 Å². The van der Waals surface area contributed by atoms with Crippen molar-refractivity contribution in [2.75, 3.05) is 13.2 Å². The molecule has 118 valence electrons. The molecule has 0 saturated heterocycles. The summed E-state index contributed by atoms with van der Waals surface area (Å²) in [5.41, 5.74) is 0.958. The standard InChI is InChI=1S/C18H24N2O2/c1-3-5-6-7-12-20-13-10-16(11-14-20)8-9-17(15-19)18(21)22-4-2/h8-11,13-14H,3-7,12H2,1-2H3. The number of esters is 1. The van der Waals surface area contributed by atoms with E-state index >= 15 is 0 Å². The van der Waals surface area contributed by atoms with Gasteiger partial charge in [-0.05, 0) is 37.1 Å². The molecule has 4 nitrogen and oxygen atoms in total. The number of ether oxygens (including phenoxy) is 1.